The normalized spacial score (nSPS) is 10.6. The highest BCUT2D eigenvalue weighted by atomic mass is 35.5. The summed E-state index contributed by atoms with van der Waals surface area (Å²) < 4.78 is 7.56. The van der Waals surface area contributed by atoms with Crippen LogP contribution < -0.4 is 10.1 Å². The van der Waals surface area contributed by atoms with Gasteiger partial charge in [0, 0.05) is 13.2 Å². The number of benzene rings is 1. The Hall–Kier alpha value is -2.58. The third-order valence-electron chi connectivity index (χ3n) is 3.61. The summed E-state index contributed by atoms with van der Waals surface area (Å²) in [5, 5.41) is 12.1. The zero-order valence-electron chi connectivity index (χ0n) is 14.8. The Bertz CT molecular complexity index is 930. The molecule has 0 bridgehead atoms. The van der Waals surface area contributed by atoms with Crippen LogP contribution in [0, 0.1) is 6.92 Å². The van der Waals surface area contributed by atoms with Crippen molar-refractivity contribution in [2.24, 2.45) is 7.05 Å². The molecule has 140 valence electrons. The molecule has 1 aromatic carbocycles. The van der Waals surface area contributed by atoms with Crippen molar-refractivity contribution in [3.05, 3.63) is 59.0 Å². The Morgan fingerprint density at radius 2 is 2.15 bits per heavy atom. The number of ether oxygens (including phenoxy) is 1. The van der Waals surface area contributed by atoms with Crippen molar-refractivity contribution >= 4 is 35.1 Å². The van der Waals surface area contributed by atoms with Gasteiger partial charge in [0.25, 0.3) is 0 Å². The molecule has 0 saturated carbocycles. The van der Waals surface area contributed by atoms with Gasteiger partial charge < -0.3 is 14.6 Å². The van der Waals surface area contributed by atoms with Crippen LogP contribution in [-0.4, -0.2) is 31.4 Å². The van der Waals surface area contributed by atoms with Crippen LogP contribution in [0.1, 0.15) is 11.4 Å². The number of carbonyl (C=O) groups excluding carboxylic acids is 1. The maximum Gasteiger partial charge on any atom is 0.236 e. The first-order valence-corrected chi connectivity index (χ1v) is 9.49. The summed E-state index contributed by atoms with van der Waals surface area (Å²) in [6.45, 7) is 2.31. The predicted octanol–water partition coefficient (Wildman–Crippen LogP) is 3.48. The molecule has 0 unspecified atom stereocenters. The summed E-state index contributed by atoms with van der Waals surface area (Å²) >= 11 is 7.06. The van der Waals surface area contributed by atoms with E-state index in [9.17, 15) is 4.79 Å². The average molecular weight is 404 g/mol. The second-order valence-corrected chi connectivity index (χ2v) is 7.14. The van der Waals surface area contributed by atoms with Crippen molar-refractivity contribution in [1.82, 2.24) is 19.7 Å². The van der Waals surface area contributed by atoms with Gasteiger partial charge in [-0.25, -0.2) is 4.98 Å². The molecule has 0 fully saturated rings. The number of amides is 1. The number of hydrogen-bond acceptors (Lipinski definition) is 6. The van der Waals surface area contributed by atoms with E-state index in [1.54, 1.807) is 12.1 Å². The maximum atomic E-state index is 12.0. The van der Waals surface area contributed by atoms with Crippen LogP contribution in [0.2, 0.25) is 5.02 Å². The fourth-order valence-electron chi connectivity index (χ4n) is 2.21. The van der Waals surface area contributed by atoms with Crippen molar-refractivity contribution in [3.63, 3.8) is 0 Å². The zero-order chi connectivity index (χ0) is 19.2. The molecule has 3 rings (SSSR count). The van der Waals surface area contributed by atoms with Gasteiger partial charge in [0.1, 0.15) is 18.2 Å². The van der Waals surface area contributed by atoms with E-state index in [0.29, 0.717) is 28.4 Å². The molecule has 0 aliphatic heterocycles. The summed E-state index contributed by atoms with van der Waals surface area (Å²) in [5.41, 5.74) is 1.13. The number of pyridine rings is 1. The molecule has 7 nitrogen and oxygen atoms in total. The van der Waals surface area contributed by atoms with Crippen molar-refractivity contribution in [1.29, 1.82) is 0 Å². The minimum atomic E-state index is -0.185. The van der Waals surface area contributed by atoms with Gasteiger partial charge >= 0.3 is 0 Å². The fourth-order valence-corrected chi connectivity index (χ4v) is 3.05. The summed E-state index contributed by atoms with van der Waals surface area (Å²) in [7, 11) is 1.84. The average Bonchev–Trinajstić information content (AvgIpc) is 3.00. The highest BCUT2D eigenvalue weighted by Gasteiger charge is 2.12. The van der Waals surface area contributed by atoms with E-state index in [2.05, 4.69) is 20.5 Å². The number of aromatic nitrogens is 4. The molecular formula is C18H18ClN5O2S. The van der Waals surface area contributed by atoms with Gasteiger partial charge in [-0.05, 0) is 36.8 Å². The Balaban J connectivity index is 1.52. The second-order valence-electron chi connectivity index (χ2n) is 5.76. The number of aryl methyl sites for hydroxylation is 1. The lowest BCUT2D eigenvalue weighted by Crippen LogP contribution is -2.15. The third-order valence-corrected chi connectivity index (χ3v) is 4.85. The number of hydrogen-bond donors (Lipinski definition) is 1. The number of nitrogens with one attached hydrogen (secondary N) is 1. The van der Waals surface area contributed by atoms with Crippen LogP contribution in [0.4, 0.5) is 5.82 Å². The van der Waals surface area contributed by atoms with E-state index in [-0.39, 0.29) is 11.7 Å². The Morgan fingerprint density at radius 3 is 2.89 bits per heavy atom. The molecule has 0 aliphatic carbocycles. The SMILES string of the molecule is Cc1cccc(OCc2nnc(SCC(=O)Nc3ccc(Cl)cn3)n2C)c1. The Kier molecular flexibility index (Phi) is 6.31. The number of rotatable bonds is 7. The molecule has 2 aromatic heterocycles. The van der Waals surface area contributed by atoms with Crippen molar-refractivity contribution < 1.29 is 9.53 Å². The summed E-state index contributed by atoms with van der Waals surface area (Å²) in [5.74, 6) is 1.92. The van der Waals surface area contributed by atoms with Gasteiger partial charge in [-0.15, -0.1) is 10.2 Å². The number of carbonyl (C=O) groups is 1. The smallest absolute Gasteiger partial charge is 0.236 e. The van der Waals surface area contributed by atoms with Crippen LogP contribution >= 0.6 is 23.4 Å². The first kappa shape index (κ1) is 19.2. The van der Waals surface area contributed by atoms with E-state index in [1.165, 1.54) is 18.0 Å². The lowest BCUT2D eigenvalue weighted by Gasteiger charge is -2.07. The molecule has 1 amide bonds. The first-order valence-electron chi connectivity index (χ1n) is 8.13. The Labute approximate surface area is 166 Å². The topological polar surface area (TPSA) is 81.9 Å². The molecular weight excluding hydrogens is 386 g/mol. The van der Waals surface area contributed by atoms with E-state index in [0.717, 1.165) is 11.3 Å². The molecule has 3 aromatic rings. The van der Waals surface area contributed by atoms with Gasteiger partial charge in [0.2, 0.25) is 5.91 Å². The minimum Gasteiger partial charge on any atom is -0.486 e. The van der Waals surface area contributed by atoms with E-state index in [1.807, 2.05) is 42.8 Å². The molecule has 1 N–H and O–H groups in total. The number of nitrogens with zero attached hydrogens (tertiary/aromatic N) is 4. The highest BCUT2D eigenvalue weighted by molar-refractivity contribution is 7.99. The minimum absolute atomic E-state index is 0.185. The van der Waals surface area contributed by atoms with E-state index in [4.69, 9.17) is 16.3 Å². The van der Waals surface area contributed by atoms with Gasteiger partial charge in [0.15, 0.2) is 11.0 Å². The fraction of sp³-hybridized carbons (Fsp3) is 0.222. The third kappa shape index (κ3) is 5.45. The van der Waals surface area contributed by atoms with Crippen molar-refractivity contribution in [2.75, 3.05) is 11.1 Å². The highest BCUT2D eigenvalue weighted by Crippen LogP contribution is 2.18. The summed E-state index contributed by atoms with van der Waals surface area (Å²) in [4.78, 5) is 16.1. The predicted molar refractivity (Wildman–Crippen MR) is 105 cm³/mol. The maximum absolute atomic E-state index is 12.0. The van der Waals surface area contributed by atoms with Crippen LogP contribution in [0.15, 0.2) is 47.8 Å². The molecule has 2 heterocycles. The summed E-state index contributed by atoms with van der Waals surface area (Å²) in [6, 6.07) is 11.1. The number of anilines is 1. The molecule has 0 radical (unpaired) electrons. The van der Waals surface area contributed by atoms with Gasteiger partial charge in [0.05, 0.1) is 10.8 Å². The van der Waals surface area contributed by atoms with Gasteiger partial charge in [-0.2, -0.15) is 0 Å². The van der Waals surface area contributed by atoms with E-state index < -0.39 is 0 Å². The number of thioether (sulfide) groups is 1. The van der Waals surface area contributed by atoms with Crippen LogP contribution in [0.3, 0.4) is 0 Å². The van der Waals surface area contributed by atoms with E-state index >= 15 is 0 Å². The van der Waals surface area contributed by atoms with Crippen LogP contribution in [0.5, 0.6) is 5.75 Å². The molecule has 0 saturated heterocycles. The second kappa shape index (κ2) is 8.88. The largest absolute Gasteiger partial charge is 0.486 e. The van der Waals surface area contributed by atoms with Crippen LogP contribution in [-0.2, 0) is 18.4 Å². The van der Waals surface area contributed by atoms with Crippen LogP contribution in [0.25, 0.3) is 0 Å². The van der Waals surface area contributed by atoms with Gasteiger partial charge in [-0.3, -0.25) is 4.79 Å². The standard InChI is InChI=1S/C18H18ClN5O2S/c1-12-4-3-5-14(8-12)26-10-16-22-23-18(24(16)2)27-11-17(25)21-15-7-6-13(19)9-20-15/h3-9H,10-11H2,1-2H3,(H,20,21,25). The molecule has 9 heteroatoms. The van der Waals surface area contributed by atoms with Crippen molar-refractivity contribution in [3.8, 4) is 5.75 Å². The quantitative estimate of drug-likeness (QED) is 0.608. The molecule has 0 atom stereocenters. The zero-order valence-corrected chi connectivity index (χ0v) is 16.4. The first-order chi connectivity index (χ1) is 13.0. The molecule has 0 aliphatic rings. The molecule has 0 spiro atoms. The summed E-state index contributed by atoms with van der Waals surface area (Å²) in [6.07, 6.45) is 1.48. The Morgan fingerprint density at radius 1 is 1.30 bits per heavy atom. The lowest BCUT2D eigenvalue weighted by molar-refractivity contribution is -0.113. The number of halogens is 1. The lowest BCUT2D eigenvalue weighted by atomic mass is 10.2. The van der Waals surface area contributed by atoms with Crippen molar-refractivity contribution in [2.45, 2.75) is 18.7 Å². The monoisotopic (exact) mass is 403 g/mol. The van der Waals surface area contributed by atoms with Gasteiger partial charge in [-0.1, -0.05) is 35.5 Å². The molecule has 27 heavy (non-hydrogen) atoms.